The first-order valence-electron chi connectivity index (χ1n) is 5.75. The molecule has 0 aliphatic rings. The molecule has 4 nitrogen and oxygen atoms in total. The molecule has 0 saturated carbocycles. The number of esters is 1. The van der Waals surface area contributed by atoms with Crippen molar-refractivity contribution in [3.63, 3.8) is 0 Å². The van der Waals surface area contributed by atoms with Crippen LogP contribution >= 0.6 is 11.6 Å². The number of ketones is 1. The normalized spacial score (nSPS) is 11.7. The maximum absolute atomic E-state index is 13.4. The van der Waals surface area contributed by atoms with Gasteiger partial charge in [0.1, 0.15) is 11.5 Å². The number of carbonyl (C=O) groups is 2. The minimum Gasteiger partial charge on any atom is -0.461 e. The van der Waals surface area contributed by atoms with Crippen LogP contribution in [-0.4, -0.2) is 18.4 Å². The molecule has 1 aromatic rings. The minimum atomic E-state index is -0.771. The highest BCUT2D eigenvalue weighted by Crippen LogP contribution is 2.15. The van der Waals surface area contributed by atoms with E-state index in [1.165, 1.54) is 18.2 Å². The second kappa shape index (κ2) is 7.45. The third-order valence-corrected chi connectivity index (χ3v) is 2.43. The van der Waals surface area contributed by atoms with Gasteiger partial charge in [0.15, 0.2) is 5.78 Å². The predicted molar refractivity (Wildman–Crippen MR) is 74.4 cm³/mol. The molecule has 20 heavy (non-hydrogen) atoms. The van der Waals surface area contributed by atoms with Gasteiger partial charge in [-0.05, 0) is 31.2 Å². The zero-order valence-electron chi connectivity index (χ0n) is 10.7. The predicted octanol–water partition coefficient (Wildman–Crippen LogP) is 2.47. The third kappa shape index (κ3) is 4.85. The Kier molecular flexibility index (Phi) is 5.93. The number of halogens is 2. The number of hydrogen-bond donors (Lipinski definition) is 1. The Morgan fingerprint density at radius 2 is 2.15 bits per heavy atom. The molecule has 0 spiro atoms. The SMILES string of the molecule is CCOC(=O)/C(N)=C\C(=O)/C=C/c1ccc(Cl)cc1F. The fourth-order valence-electron chi connectivity index (χ4n) is 1.28. The van der Waals surface area contributed by atoms with E-state index >= 15 is 0 Å². The Bertz CT molecular complexity index is 582. The number of nitrogens with two attached hydrogens (primary N) is 1. The number of allylic oxidation sites excluding steroid dienone is 2. The van der Waals surface area contributed by atoms with Crippen molar-refractivity contribution in [3.8, 4) is 0 Å². The average molecular weight is 298 g/mol. The zero-order chi connectivity index (χ0) is 15.1. The number of hydrogen-bond acceptors (Lipinski definition) is 4. The molecule has 0 bridgehead atoms. The highest BCUT2D eigenvalue weighted by Gasteiger charge is 2.07. The standard InChI is InChI=1S/C14H13ClFNO3/c1-2-20-14(19)13(17)8-11(18)6-4-9-3-5-10(15)7-12(9)16/h3-8H,2,17H2,1H3/b6-4+,13-8+. The summed E-state index contributed by atoms with van der Waals surface area (Å²) >= 11 is 5.60. The molecule has 0 saturated heterocycles. The highest BCUT2D eigenvalue weighted by molar-refractivity contribution is 6.30. The average Bonchev–Trinajstić information content (AvgIpc) is 2.37. The Balaban J connectivity index is 2.77. The van der Waals surface area contributed by atoms with Gasteiger partial charge < -0.3 is 10.5 Å². The van der Waals surface area contributed by atoms with Crippen molar-refractivity contribution in [2.24, 2.45) is 5.73 Å². The molecule has 0 unspecified atom stereocenters. The summed E-state index contributed by atoms with van der Waals surface area (Å²) in [5.74, 6) is -1.87. The van der Waals surface area contributed by atoms with E-state index in [0.29, 0.717) is 0 Å². The van der Waals surface area contributed by atoms with Crippen molar-refractivity contribution in [1.82, 2.24) is 0 Å². The lowest BCUT2D eigenvalue weighted by Gasteiger charge is -2.00. The van der Waals surface area contributed by atoms with Gasteiger partial charge in [-0.15, -0.1) is 0 Å². The van der Waals surface area contributed by atoms with Crippen LogP contribution in [0, 0.1) is 5.82 Å². The second-order valence-corrected chi connectivity index (χ2v) is 4.16. The smallest absolute Gasteiger partial charge is 0.354 e. The van der Waals surface area contributed by atoms with Crippen LogP contribution in [0.1, 0.15) is 12.5 Å². The lowest BCUT2D eigenvalue weighted by Crippen LogP contribution is -2.15. The summed E-state index contributed by atoms with van der Waals surface area (Å²) < 4.78 is 18.0. The Morgan fingerprint density at radius 3 is 2.75 bits per heavy atom. The van der Waals surface area contributed by atoms with E-state index in [1.54, 1.807) is 6.92 Å². The summed E-state index contributed by atoms with van der Waals surface area (Å²) in [7, 11) is 0. The van der Waals surface area contributed by atoms with Gasteiger partial charge in [0, 0.05) is 16.7 Å². The molecule has 1 aromatic carbocycles. The quantitative estimate of drug-likeness (QED) is 0.669. The van der Waals surface area contributed by atoms with Gasteiger partial charge in [-0.3, -0.25) is 4.79 Å². The molecule has 1 rings (SSSR count). The van der Waals surface area contributed by atoms with E-state index in [1.807, 2.05) is 0 Å². The zero-order valence-corrected chi connectivity index (χ0v) is 11.5. The van der Waals surface area contributed by atoms with Crippen molar-refractivity contribution < 1.29 is 18.7 Å². The maximum atomic E-state index is 13.4. The van der Waals surface area contributed by atoms with Gasteiger partial charge >= 0.3 is 5.97 Å². The van der Waals surface area contributed by atoms with E-state index in [-0.39, 0.29) is 22.9 Å². The van der Waals surface area contributed by atoms with Crippen molar-refractivity contribution in [1.29, 1.82) is 0 Å². The topological polar surface area (TPSA) is 69.4 Å². The Hall–Kier alpha value is -2.14. The molecule has 0 fully saturated rings. The van der Waals surface area contributed by atoms with E-state index in [2.05, 4.69) is 4.74 Å². The summed E-state index contributed by atoms with van der Waals surface area (Å²) in [5, 5.41) is 0.262. The van der Waals surface area contributed by atoms with E-state index in [0.717, 1.165) is 18.2 Å². The minimum absolute atomic E-state index is 0.160. The third-order valence-electron chi connectivity index (χ3n) is 2.20. The summed E-state index contributed by atoms with van der Waals surface area (Å²) in [5.41, 5.74) is 5.26. The van der Waals surface area contributed by atoms with E-state index in [4.69, 9.17) is 17.3 Å². The monoisotopic (exact) mass is 297 g/mol. The van der Waals surface area contributed by atoms with E-state index in [9.17, 15) is 14.0 Å². The molecule has 6 heteroatoms. The molecule has 0 radical (unpaired) electrons. The highest BCUT2D eigenvalue weighted by atomic mass is 35.5. The Labute approximate surface area is 120 Å². The lowest BCUT2D eigenvalue weighted by molar-refractivity contribution is -0.138. The van der Waals surface area contributed by atoms with E-state index < -0.39 is 17.6 Å². The van der Waals surface area contributed by atoms with Crippen LogP contribution in [0.15, 0.2) is 36.0 Å². The second-order valence-electron chi connectivity index (χ2n) is 3.72. The number of carbonyl (C=O) groups excluding carboxylic acids is 2. The first-order valence-corrected chi connectivity index (χ1v) is 6.13. The van der Waals surface area contributed by atoms with Gasteiger partial charge in [-0.2, -0.15) is 0 Å². The maximum Gasteiger partial charge on any atom is 0.354 e. The molecule has 0 heterocycles. The number of benzene rings is 1. The fraction of sp³-hybridized carbons (Fsp3) is 0.143. The molecule has 0 atom stereocenters. The molecule has 0 amide bonds. The Morgan fingerprint density at radius 1 is 1.45 bits per heavy atom. The van der Waals surface area contributed by atoms with Crippen LogP contribution in [0.2, 0.25) is 5.02 Å². The molecular formula is C14H13ClFNO3. The van der Waals surface area contributed by atoms with Gasteiger partial charge in [0.2, 0.25) is 0 Å². The molecular weight excluding hydrogens is 285 g/mol. The largest absolute Gasteiger partial charge is 0.461 e. The van der Waals surface area contributed by atoms with Crippen LogP contribution < -0.4 is 5.73 Å². The first kappa shape index (κ1) is 15.9. The van der Waals surface area contributed by atoms with Gasteiger partial charge in [-0.25, -0.2) is 9.18 Å². The number of rotatable bonds is 5. The summed E-state index contributed by atoms with van der Waals surface area (Å²) in [4.78, 5) is 22.7. The molecule has 2 N–H and O–H groups in total. The summed E-state index contributed by atoms with van der Waals surface area (Å²) in [6.45, 7) is 1.78. The van der Waals surface area contributed by atoms with Crippen molar-refractivity contribution in [3.05, 3.63) is 52.5 Å². The van der Waals surface area contributed by atoms with Crippen LogP contribution in [-0.2, 0) is 14.3 Å². The van der Waals surface area contributed by atoms with Gasteiger partial charge in [0.25, 0.3) is 0 Å². The van der Waals surface area contributed by atoms with Crippen molar-refractivity contribution in [2.45, 2.75) is 6.92 Å². The summed E-state index contributed by atoms with van der Waals surface area (Å²) in [6, 6.07) is 4.06. The molecule has 0 aliphatic carbocycles. The lowest BCUT2D eigenvalue weighted by atomic mass is 10.1. The first-order chi connectivity index (χ1) is 9.43. The van der Waals surface area contributed by atoms with Crippen LogP contribution in [0.3, 0.4) is 0 Å². The molecule has 106 valence electrons. The number of ether oxygens (including phenoxy) is 1. The molecule has 0 aliphatic heterocycles. The summed E-state index contributed by atoms with van der Waals surface area (Å²) in [6.07, 6.45) is 3.28. The van der Waals surface area contributed by atoms with Gasteiger partial charge in [-0.1, -0.05) is 17.7 Å². The van der Waals surface area contributed by atoms with Crippen LogP contribution in [0.25, 0.3) is 6.08 Å². The van der Waals surface area contributed by atoms with Crippen molar-refractivity contribution in [2.75, 3.05) is 6.61 Å². The fourth-order valence-corrected chi connectivity index (χ4v) is 1.44. The van der Waals surface area contributed by atoms with Gasteiger partial charge in [0.05, 0.1) is 6.61 Å². The van der Waals surface area contributed by atoms with Crippen molar-refractivity contribution >= 4 is 29.4 Å². The molecule has 0 aromatic heterocycles. The van der Waals surface area contributed by atoms with Crippen LogP contribution in [0.5, 0.6) is 0 Å². The van der Waals surface area contributed by atoms with Crippen LogP contribution in [0.4, 0.5) is 4.39 Å².